The summed E-state index contributed by atoms with van der Waals surface area (Å²) in [4.78, 5) is 23.5. The molecule has 2 unspecified atom stereocenters. The van der Waals surface area contributed by atoms with Crippen LogP contribution in [0.3, 0.4) is 0 Å². The molecule has 1 saturated heterocycles. The van der Waals surface area contributed by atoms with Crippen molar-refractivity contribution in [3.05, 3.63) is 59.0 Å². The second-order valence-electron chi connectivity index (χ2n) is 9.11. The van der Waals surface area contributed by atoms with Crippen molar-refractivity contribution in [1.29, 1.82) is 0 Å². The van der Waals surface area contributed by atoms with Crippen LogP contribution in [0, 0.1) is 6.92 Å². The van der Waals surface area contributed by atoms with Crippen LogP contribution in [0.2, 0.25) is 0 Å². The molecule has 0 radical (unpaired) electrons. The third-order valence-electron chi connectivity index (χ3n) is 7.01. The first-order valence-corrected chi connectivity index (χ1v) is 12.0. The van der Waals surface area contributed by atoms with Gasteiger partial charge in [-0.05, 0) is 48.6 Å². The van der Waals surface area contributed by atoms with Crippen LogP contribution in [0.4, 0.5) is 5.82 Å². The minimum absolute atomic E-state index is 0.0279. The molecule has 5 rings (SSSR count). The van der Waals surface area contributed by atoms with Crippen LogP contribution in [0.15, 0.2) is 47.1 Å². The van der Waals surface area contributed by atoms with Crippen LogP contribution < -0.4 is 20.1 Å². The highest BCUT2D eigenvalue weighted by Crippen LogP contribution is 2.41. The normalized spacial score (nSPS) is 21.9. The van der Waals surface area contributed by atoms with E-state index in [1.165, 1.54) is 5.57 Å². The van der Waals surface area contributed by atoms with Crippen molar-refractivity contribution in [1.82, 2.24) is 15.2 Å². The van der Waals surface area contributed by atoms with Gasteiger partial charge in [0, 0.05) is 44.1 Å². The summed E-state index contributed by atoms with van der Waals surface area (Å²) in [6.07, 6.45) is 13.4. The van der Waals surface area contributed by atoms with Crippen molar-refractivity contribution in [2.45, 2.75) is 50.7 Å². The molecule has 2 atom stereocenters. The molecule has 2 N–H and O–H groups in total. The van der Waals surface area contributed by atoms with E-state index in [-0.39, 0.29) is 23.8 Å². The molecule has 1 aliphatic carbocycles. The van der Waals surface area contributed by atoms with Crippen molar-refractivity contribution >= 4 is 17.9 Å². The van der Waals surface area contributed by atoms with Gasteiger partial charge in [-0.1, -0.05) is 12.2 Å². The topological polar surface area (TPSA) is 116 Å². The summed E-state index contributed by atoms with van der Waals surface area (Å²) in [5, 5.41) is 8.78. The summed E-state index contributed by atoms with van der Waals surface area (Å²) in [5.41, 5.74) is 9.03. The largest absolute Gasteiger partial charge is 0.489 e. The minimum Gasteiger partial charge on any atom is -0.489 e. The SMILES string of the molecule is COc1ccc(OC2CCN(c3nnc(C(N)=O)c(C4CCC=C5C=CC=NC54)c3C)CC2)cn1. The maximum absolute atomic E-state index is 12.3. The fraction of sp³-hybridized carbons (Fsp3) is 0.423. The Morgan fingerprint density at radius 3 is 2.71 bits per heavy atom. The zero-order valence-electron chi connectivity index (χ0n) is 20.1. The molecule has 2 aromatic rings. The third-order valence-corrected chi connectivity index (χ3v) is 7.01. The van der Waals surface area contributed by atoms with Gasteiger partial charge < -0.3 is 20.1 Å². The van der Waals surface area contributed by atoms with Gasteiger partial charge in [0.25, 0.3) is 5.91 Å². The number of nitrogens with zero attached hydrogens (tertiary/aromatic N) is 5. The summed E-state index contributed by atoms with van der Waals surface area (Å²) < 4.78 is 11.2. The van der Waals surface area contributed by atoms with Gasteiger partial charge in [0.05, 0.1) is 19.3 Å². The van der Waals surface area contributed by atoms with E-state index in [9.17, 15) is 4.79 Å². The Bertz CT molecular complexity index is 1180. The monoisotopic (exact) mass is 474 g/mol. The van der Waals surface area contributed by atoms with Crippen LogP contribution in [-0.2, 0) is 0 Å². The number of ether oxygens (including phenoxy) is 2. The second-order valence-corrected chi connectivity index (χ2v) is 9.11. The molecular formula is C26H30N6O3. The average molecular weight is 475 g/mol. The molecule has 4 heterocycles. The van der Waals surface area contributed by atoms with Crippen molar-refractivity contribution < 1.29 is 14.3 Å². The van der Waals surface area contributed by atoms with Crippen molar-refractivity contribution in [3.63, 3.8) is 0 Å². The van der Waals surface area contributed by atoms with Crippen molar-refractivity contribution in [2.24, 2.45) is 10.7 Å². The maximum Gasteiger partial charge on any atom is 0.269 e. The number of allylic oxidation sites excluding steroid dienone is 2. The number of anilines is 1. The summed E-state index contributed by atoms with van der Waals surface area (Å²) in [5.74, 6) is 1.59. The number of aliphatic imine (C=N–C) groups is 1. The van der Waals surface area contributed by atoms with Gasteiger partial charge in [-0.15, -0.1) is 10.2 Å². The number of piperidine rings is 1. The molecule has 3 aliphatic rings. The first-order chi connectivity index (χ1) is 17.0. The molecule has 0 bridgehead atoms. The van der Waals surface area contributed by atoms with Gasteiger partial charge in [0.15, 0.2) is 11.5 Å². The van der Waals surface area contributed by atoms with E-state index in [0.717, 1.165) is 61.5 Å². The van der Waals surface area contributed by atoms with E-state index in [2.05, 4.69) is 32.2 Å². The highest BCUT2D eigenvalue weighted by Gasteiger charge is 2.35. The predicted octanol–water partition coefficient (Wildman–Crippen LogP) is 3.15. The molecule has 0 aromatic carbocycles. The molecule has 9 heteroatoms. The van der Waals surface area contributed by atoms with Crippen LogP contribution in [-0.4, -0.2) is 59.6 Å². The highest BCUT2D eigenvalue weighted by atomic mass is 16.5. The van der Waals surface area contributed by atoms with Gasteiger partial charge in [-0.3, -0.25) is 9.79 Å². The quantitative estimate of drug-likeness (QED) is 0.684. The zero-order valence-corrected chi connectivity index (χ0v) is 20.1. The molecule has 1 amide bonds. The number of rotatable bonds is 6. The van der Waals surface area contributed by atoms with E-state index in [4.69, 9.17) is 20.2 Å². The molecule has 35 heavy (non-hydrogen) atoms. The lowest BCUT2D eigenvalue weighted by Crippen LogP contribution is -2.40. The van der Waals surface area contributed by atoms with Crippen molar-refractivity contribution in [2.75, 3.05) is 25.1 Å². The van der Waals surface area contributed by atoms with Crippen LogP contribution in [0.25, 0.3) is 0 Å². The first kappa shape index (κ1) is 23.0. The van der Waals surface area contributed by atoms with Gasteiger partial charge in [0.1, 0.15) is 11.9 Å². The van der Waals surface area contributed by atoms with Gasteiger partial charge in [-0.2, -0.15) is 0 Å². The number of carbonyl (C=O) groups is 1. The molecule has 182 valence electrons. The van der Waals surface area contributed by atoms with Crippen LogP contribution in [0.1, 0.15) is 53.2 Å². The van der Waals surface area contributed by atoms with Gasteiger partial charge >= 0.3 is 0 Å². The van der Waals surface area contributed by atoms with Crippen LogP contribution >= 0.6 is 0 Å². The van der Waals surface area contributed by atoms with E-state index in [1.54, 1.807) is 19.4 Å². The van der Waals surface area contributed by atoms with E-state index in [1.807, 2.05) is 25.3 Å². The number of primary amides is 1. The highest BCUT2D eigenvalue weighted by molar-refractivity contribution is 5.93. The summed E-state index contributed by atoms with van der Waals surface area (Å²) in [6, 6.07) is 3.64. The van der Waals surface area contributed by atoms with E-state index >= 15 is 0 Å². The fourth-order valence-electron chi connectivity index (χ4n) is 5.29. The number of nitrogens with two attached hydrogens (primary N) is 1. The number of hydrogen-bond donors (Lipinski definition) is 1. The molecule has 9 nitrogen and oxygen atoms in total. The number of pyridine rings is 1. The smallest absolute Gasteiger partial charge is 0.269 e. The molecule has 1 fully saturated rings. The Labute approximate surface area is 204 Å². The van der Waals surface area contributed by atoms with Crippen molar-refractivity contribution in [3.8, 4) is 11.6 Å². The number of hydrogen-bond acceptors (Lipinski definition) is 8. The number of fused-ring (bicyclic) bond motifs is 1. The Morgan fingerprint density at radius 1 is 1.17 bits per heavy atom. The zero-order chi connectivity index (χ0) is 24.4. The van der Waals surface area contributed by atoms with E-state index in [0.29, 0.717) is 5.88 Å². The number of aromatic nitrogens is 3. The van der Waals surface area contributed by atoms with Gasteiger partial charge in [0.2, 0.25) is 5.88 Å². The Kier molecular flexibility index (Phi) is 6.48. The predicted molar refractivity (Wildman–Crippen MR) is 133 cm³/mol. The summed E-state index contributed by atoms with van der Waals surface area (Å²) in [6.45, 7) is 3.58. The molecule has 2 aromatic heterocycles. The molecule has 0 saturated carbocycles. The molecule has 2 aliphatic heterocycles. The third kappa shape index (κ3) is 4.62. The summed E-state index contributed by atoms with van der Waals surface area (Å²) in [7, 11) is 1.59. The second kappa shape index (κ2) is 9.85. The lowest BCUT2D eigenvalue weighted by atomic mass is 9.77. The lowest BCUT2D eigenvalue weighted by molar-refractivity contribution is 0.0992. The maximum atomic E-state index is 12.3. The number of carbonyl (C=O) groups excluding carboxylic acids is 1. The van der Waals surface area contributed by atoms with E-state index < -0.39 is 5.91 Å². The minimum atomic E-state index is -0.547. The Balaban J connectivity index is 1.35. The molecular weight excluding hydrogens is 444 g/mol. The fourth-order valence-corrected chi connectivity index (χ4v) is 5.29. The summed E-state index contributed by atoms with van der Waals surface area (Å²) >= 11 is 0. The average Bonchev–Trinajstić information content (AvgIpc) is 2.89. The number of dihydropyridines is 1. The standard InChI is InChI=1S/C26H30N6O3/c1-16-22(20-7-3-5-17-6-4-12-28-23(17)20)24(25(27)33)30-31-26(16)32-13-10-18(11-14-32)35-19-8-9-21(34-2)29-15-19/h4-6,8-9,12,15,18,20,23H,3,7,10-11,13-14H2,1-2H3,(H2,27,33). The number of amides is 1. The van der Waals surface area contributed by atoms with Crippen LogP contribution in [0.5, 0.6) is 11.6 Å². The first-order valence-electron chi connectivity index (χ1n) is 12.0. The Hall–Kier alpha value is -3.75. The lowest BCUT2D eigenvalue weighted by Gasteiger charge is -2.36. The number of methoxy groups -OCH3 is 1. The Morgan fingerprint density at radius 2 is 2.00 bits per heavy atom. The van der Waals surface area contributed by atoms with Gasteiger partial charge in [-0.25, -0.2) is 4.98 Å². The molecule has 0 spiro atoms.